The van der Waals surface area contributed by atoms with Crippen molar-refractivity contribution < 1.29 is 4.79 Å². The van der Waals surface area contributed by atoms with Crippen LogP contribution in [0.15, 0.2) is 18.2 Å². The number of fused-ring (bicyclic) bond motifs is 1. The maximum Gasteiger partial charge on any atom is 0.244 e. The van der Waals surface area contributed by atoms with Gasteiger partial charge in [0, 0.05) is 5.69 Å². The number of nitrogens with zero attached hydrogens (tertiary/aromatic N) is 1. The van der Waals surface area contributed by atoms with Gasteiger partial charge in [-0.15, -0.1) is 0 Å². The highest BCUT2D eigenvalue weighted by atomic mass is 16.2. The van der Waals surface area contributed by atoms with Gasteiger partial charge in [0.25, 0.3) is 0 Å². The summed E-state index contributed by atoms with van der Waals surface area (Å²) in [6.45, 7) is 0. The predicted octanol–water partition coefficient (Wildman–Crippen LogP) is 3.98. The van der Waals surface area contributed by atoms with Crippen LogP contribution < -0.4 is 5.32 Å². The fourth-order valence-electron chi connectivity index (χ4n) is 3.62. The molecule has 21 heavy (non-hydrogen) atoms. The molecule has 0 aromatic heterocycles. The molecule has 1 saturated carbocycles. The Morgan fingerprint density at radius 1 is 1.05 bits per heavy atom. The van der Waals surface area contributed by atoms with E-state index in [2.05, 4.69) is 23.5 Å². The summed E-state index contributed by atoms with van der Waals surface area (Å²) in [5.74, 6) is -0.107. The first-order chi connectivity index (χ1) is 10.2. The van der Waals surface area contributed by atoms with E-state index < -0.39 is 5.41 Å². The molecule has 2 aliphatic carbocycles. The molecular formula is C18H22N2O. The zero-order valence-electron chi connectivity index (χ0n) is 12.5. The topological polar surface area (TPSA) is 52.9 Å². The Morgan fingerprint density at radius 3 is 2.48 bits per heavy atom. The molecule has 0 atom stereocenters. The van der Waals surface area contributed by atoms with Gasteiger partial charge in [-0.1, -0.05) is 31.7 Å². The van der Waals surface area contributed by atoms with E-state index in [9.17, 15) is 10.1 Å². The number of hydrogen-bond donors (Lipinski definition) is 1. The predicted molar refractivity (Wildman–Crippen MR) is 82.8 cm³/mol. The van der Waals surface area contributed by atoms with E-state index in [1.54, 1.807) is 0 Å². The molecule has 3 heteroatoms. The molecule has 0 saturated heterocycles. The first kappa shape index (κ1) is 14.1. The van der Waals surface area contributed by atoms with Crippen molar-refractivity contribution in [2.45, 2.75) is 57.8 Å². The van der Waals surface area contributed by atoms with Gasteiger partial charge in [-0.2, -0.15) is 5.26 Å². The second-order valence-electron chi connectivity index (χ2n) is 6.40. The van der Waals surface area contributed by atoms with E-state index >= 15 is 0 Å². The van der Waals surface area contributed by atoms with Crippen molar-refractivity contribution >= 4 is 11.6 Å². The van der Waals surface area contributed by atoms with Gasteiger partial charge in [-0.05, 0) is 55.4 Å². The summed E-state index contributed by atoms with van der Waals surface area (Å²) >= 11 is 0. The molecule has 1 fully saturated rings. The number of amides is 1. The average molecular weight is 282 g/mol. The van der Waals surface area contributed by atoms with Crippen LogP contribution in [0.25, 0.3) is 0 Å². The lowest BCUT2D eigenvalue weighted by Gasteiger charge is -2.23. The highest BCUT2D eigenvalue weighted by Crippen LogP contribution is 2.36. The summed E-state index contributed by atoms with van der Waals surface area (Å²) in [7, 11) is 0. The summed E-state index contributed by atoms with van der Waals surface area (Å²) in [6.07, 6.45) is 9.06. The quantitative estimate of drug-likeness (QED) is 0.834. The van der Waals surface area contributed by atoms with E-state index in [0.29, 0.717) is 12.8 Å². The molecule has 110 valence electrons. The van der Waals surface area contributed by atoms with Gasteiger partial charge in [0.05, 0.1) is 6.07 Å². The summed E-state index contributed by atoms with van der Waals surface area (Å²) in [5.41, 5.74) is 2.77. The maximum absolute atomic E-state index is 12.6. The lowest BCUT2D eigenvalue weighted by atomic mass is 9.81. The summed E-state index contributed by atoms with van der Waals surface area (Å²) in [4.78, 5) is 12.6. The molecule has 1 aromatic carbocycles. The minimum absolute atomic E-state index is 0.107. The van der Waals surface area contributed by atoms with Gasteiger partial charge in [0.15, 0.2) is 0 Å². The number of benzene rings is 1. The number of carbonyl (C=O) groups excluding carboxylic acids is 1. The molecule has 0 bridgehead atoms. The largest absolute Gasteiger partial charge is 0.325 e. The smallest absolute Gasteiger partial charge is 0.244 e. The highest BCUT2D eigenvalue weighted by molar-refractivity contribution is 5.97. The number of anilines is 1. The van der Waals surface area contributed by atoms with Crippen molar-refractivity contribution in [3.05, 3.63) is 29.3 Å². The molecule has 3 rings (SSSR count). The van der Waals surface area contributed by atoms with E-state index in [-0.39, 0.29) is 5.91 Å². The van der Waals surface area contributed by atoms with Gasteiger partial charge < -0.3 is 5.32 Å². The van der Waals surface area contributed by atoms with E-state index in [1.807, 2.05) is 6.07 Å². The number of hydrogen-bond acceptors (Lipinski definition) is 2. The molecule has 1 N–H and O–H groups in total. The van der Waals surface area contributed by atoms with Crippen LogP contribution in [0.3, 0.4) is 0 Å². The van der Waals surface area contributed by atoms with E-state index in [0.717, 1.165) is 44.2 Å². The maximum atomic E-state index is 12.6. The number of nitrogens with one attached hydrogen (secondary N) is 1. The third-order valence-electron chi connectivity index (χ3n) is 4.96. The SMILES string of the molecule is N#CC1(C(=O)Nc2ccc3c(c2)CCC3)CCCCCC1. The Hall–Kier alpha value is -1.82. The second-order valence-corrected chi connectivity index (χ2v) is 6.40. The minimum Gasteiger partial charge on any atom is -0.325 e. The van der Waals surface area contributed by atoms with Crippen LogP contribution in [0.2, 0.25) is 0 Å². The van der Waals surface area contributed by atoms with Gasteiger partial charge in [-0.25, -0.2) is 0 Å². The van der Waals surface area contributed by atoms with E-state index in [4.69, 9.17) is 0 Å². The van der Waals surface area contributed by atoms with Crippen LogP contribution in [-0.4, -0.2) is 5.91 Å². The Balaban J connectivity index is 1.77. The van der Waals surface area contributed by atoms with Crippen LogP contribution in [-0.2, 0) is 17.6 Å². The second kappa shape index (κ2) is 5.89. The van der Waals surface area contributed by atoms with Crippen molar-refractivity contribution in [3.63, 3.8) is 0 Å². The molecular weight excluding hydrogens is 260 g/mol. The highest BCUT2D eigenvalue weighted by Gasteiger charge is 2.38. The van der Waals surface area contributed by atoms with Crippen molar-refractivity contribution in [1.29, 1.82) is 5.26 Å². The monoisotopic (exact) mass is 282 g/mol. The van der Waals surface area contributed by atoms with Crippen molar-refractivity contribution in [1.82, 2.24) is 0 Å². The number of aryl methyl sites for hydroxylation is 2. The van der Waals surface area contributed by atoms with Crippen LogP contribution in [0.1, 0.15) is 56.1 Å². The fourth-order valence-corrected chi connectivity index (χ4v) is 3.62. The summed E-state index contributed by atoms with van der Waals surface area (Å²) < 4.78 is 0. The number of nitriles is 1. The first-order valence-corrected chi connectivity index (χ1v) is 8.08. The van der Waals surface area contributed by atoms with Crippen LogP contribution in [0.4, 0.5) is 5.69 Å². The van der Waals surface area contributed by atoms with Crippen LogP contribution >= 0.6 is 0 Å². The molecule has 0 heterocycles. The van der Waals surface area contributed by atoms with Crippen molar-refractivity contribution in [2.75, 3.05) is 5.32 Å². The van der Waals surface area contributed by atoms with Crippen LogP contribution in [0.5, 0.6) is 0 Å². The third kappa shape index (κ3) is 2.81. The van der Waals surface area contributed by atoms with Crippen molar-refractivity contribution in [3.8, 4) is 6.07 Å². The summed E-state index contributed by atoms with van der Waals surface area (Å²) in [6, 6.07) is 8.49. The lowest BCUT2D eigenvalue weighted by molar-refractivity contribution is -0.123. The standard InChI is InChI=1S/C18H22N2O/c19-13-18(10-3-1-2-4-11-18)17(21)20-16-9-8-14-6-5-7-15(14)12-16/h8-9,12H,1-7,10-11H2,(H,20,21). The molecule has 0 radical (unpaired) electrons. The zero-order chi connectivity index (χ0) is 14.7. The van der Waals surface area contributed by atoms with Gasteiger partial charge in [0.1, 0.15) is 5.41 Å². The Kier molecular flexibility index (Phi) is 3.96. The molecule has 1 aromatic rings. The van der Waals surface area contributed by atoms with Gasteiger partial charge in [0.2, 0.25) is 5.91 Å². The van der Waals surface area contributed by atoms with Gasteiger partial charge in [-0.3, -0.25) is 4.79 Å². The minimum atomic E-state index is -0.824. The zero-order valence-corrected chi connectivity index (χ0v) is 12.5. The van der Waals surface area contributed by atoms with Gasteiger partial charge >= 0.3 is 0 Å². The summed E-state index contributed by atoms with van der Waals surface area (Å²) in [5, 5.41) is 12.6. The van der Waals surface area contributed by atoms with E-state index in [1.165, 1.54) is 17.5 Å². The molecule has 0 unspecified atom stereocenters. The van der Waals surface area contributed by atoms with Crippen LogP contribution in [0, 0.1) is 16.7 Å². The molecule has 0 aliphatic heterocycles. The molecule has 3 nitrogen and oxygen atoms in total. The third-order valence-corrected chi connectivity index (χ3v) is 4.96. The Labute approximate surface area is 126 Å². The number of carbonyl (C=O) groups is 1. The Morgan fingerprint density at radius 2 is 1.76 bits per heavy atom. The first-order valence-electron chi connectivity index (χ1n) is 8.08. The number of rotatable bonds is 2. The molecule has 1 amide bonds. The average Bonchev–Trinajstić information content (AvgIpc) is 2.82. The lowest BCUT2D eigenvalue weighted by Crippen LogP contribution is -2.34. The molecule has 2 aliphatic rings. The Bertz CT molecular complexity index is 577. The fraction of sp³-hybridized carbons (Fsp3) is 0.556. The molecule has 0 spiro atoms. The normalized spacial score (nSPS) is 20.1. The van der Waals surface area contributed by atoms with Crippen molar-refractivity contribution in [2.24, 2.45) is 5.41 Å².